The Bertz CT molecular complexity index is 1060. The van der Waals surface area contributed by atoms with E-state index in [0.717, 1.165) is 11.8 Å². The number of nitrogens with one attached hydrogen (secondary N) is 1. The van der Waals surface area contributed by atoms with E-state index in [1.165, 1.54) is 10.8 Å². The van der Waals surface area contributed by atoms with Crippen molar-refractivity contribution in [3.05, 3.63) is 77.1 Å². The monoisotopic (exact) mass is 403 g/mol. The van der Waals surface area contributed by atoms with Gasteiger partial charge in [0.25, 0.3) is 5.91 Å². The summed E-state index contributed by atoms with van der Waals surface area (Å²) in [6.45, 7) is 0.477. The van der Waals surface area contributed by atoms with Crippen molar-refractivity contribution < 1.29 is 13.2 Å². The standard InChI is InChI=1S/C19H18ClN3O3S/c1-27(25,26)19-22-11-12-23(19)17-4-2-3-15(13-17)18(24)21-10-9-14-5-7-16(20)8-6-14/h2-8,11-13H,9-10H2,1H3,(H,21,24). The van der Waals surface area contributed by atoms with Crippen LogP contribution in [0.3, 0.4) is 0 Å². The molecule has 0 atom stereocenters. The SMILES string of the molecule is CS(=O)(=O)c1nccn1-c1cccc(C(=O)NCCc2ccc(Cl)cc2)c1. The molecule has 1 heterocycles. The summed E-state index contributed by atoms with van der Waals surface area (Å²) in [5.41, 5.74) is 2.07. The minimum Gasteiger partial charge on any atom is -0.352 e. The first-order valence-electron chi connectivity index (χ1n) is 8.21. The van der Waals surface area contributed by atoms with Gasteiger partial charge >= 0.3 is 0 Å². The molecule has 0 aliphatic rings. The minimum absolute atomic E-state index is 0.0669. The molecular weight excluding hydrogens is 386 g/mol. The number of imidazole rings is 1. The lowest BCUT2D eigenvalue weighted by Crippen LogP contribution is -2.25. The summed E-state index contributed by atoms with van der Waals surface area (Å²) in [6, 6.07) is 14.2. The Labute approximate surface area is 162 Å². The fourth-order valence-electron chi connectivity index (χ4n) is 2.63. The van der Waals surface area contributed by atoms with E-state index in [1.807, 2.05) is 24.3 Å². The first-order chi connectivity index (χ1) is 12.8. The maximum absolute atomic E-state index is 12.4. The molecule has 0 saturated heterocycles. The van der Waals surface area contributed by atoms with Crippen LogP contribution in [0.25, 0.3) is 5.69 Å². The number of sulfone groups is 1. The van der Waals surface area contributed by atoms with Crippen molar-refractivity contribution in [2.24, 2.45) is 0 Å². The number of benzene rings is 2. The van der Waals surface area contributed by atoms with Crippen LogP contribution in [0.1, 0.15) is 15.9 Å². The number of hydrogen-bond acceptors (Lipinski definition) is 4. The van der Waals surface area contributed by atoms with Crippen LogP contribution in [-0.2, 0) is 16.3 Å². The van der Waals surface area contributed by atoms with Gasteiger partial charge in [0.15, 0.2) is 0 Å². The molecule has 3 rings (SSSR count). The van der Waals surface area contributed by atoms with Gasteiger partial charge in [0.05, 0.1) is 0 Å². The average molecular weight is 404 g/mol. The molecule has 0 saturated carbocycles. The highest BCUT2D eigenvalue weighted by atomic mass is 35.5. The molecule has 3 aromatic rings. The summed E-state index contributed by atoms with van der Waals surface area (Å²) >= 11 is 5.86. The van der Waals surface area contributed by atoms with Gasteiger partial charge in [-0.1, -0.05) is 29.8 Å². The van der Waals surface area contributed by atoms with Gasteiger partial charge in [-0.15, -0.1) is 0 Å². The van der Waals surface area contributed by atoms with E-state index in [9.17, 15) is 13.2 Å². The predicted molar refractivity (Wildman–Crippen MR) is 104 cm³/mol. The predicted octanol–water partition coefficient (Wildman–Crippen LogP) is 2.90. The van der Waals surface area contributed by atoms with Gasteiger partial charge in [0, 0.05) is 41.5 Å². The maximum atomic E-state index is 12.4. The van der Waals surface area contributed by atoms with Crippen molar-refractivity contribution in [2.45, 2.75) is 11.6 Å². The maximum Gasteiger partial charge on any atom is 0.251 e. The third-order valence-electron chi connectivity index (χ3n) is 3.94. The summed E-state index contributed by atoms with van der Waals surface area (Å²) in [6.07, 6.45) is 4.74. The topological polar surface area (TPSA) is 81.1 Å². The van der Waals surface area contributed by atoms with E-state index in [4.69, 9.17) is 11.6 Å². The van der Waals surface area contributed by atoms with Crippen LogP contribution in [0, 0.1) is 0 Å². The van der Waals surface area contributed by atoms with E-state index in [0.29, 0.717) is 29.2 Å². The van der Waals surface area contributed by atoms with Gasteiger partial charge in [-0.3, -0.25) is 9.36 Å². The highest BCUT2D eigenvalue weighted by Crippen LogP contribution is 2.16. The van der Waals surface area contributed by atoms with Crippen molar-refractivity contribution in [3.63, 3.8) is 0 Å². The lowest BCUT2D eigenvalue weighted by molar-refractivity contribution is 0.0954. The quantitative estimate of drug-likeness (QED) is 0.686. The molecule has 0 bridgehead atoms. The Kier molecular flexibility index (Phi) is 5.62. The summed E-state index contributed by atoms with van der Waals surface area (Å²) < 4.78 is 25.1. The number of carbonyl (C=O) groups excluding carboxylic acids is 1. The van der Waals surface area contributed by atoms with Crippen molar-refractivity contribution in [3.8, 4) is 5.69 Å². The van der Waals surface area contributed by atoms with Crippen LogP contribution in [0.5, 0.6) is 0 Å². The fraction of sp³-hybridized carbons (Fsp3) is 0.158. The normalized spacial score (nSPS) is 11.3. The van der Waals surface area contributed by atoms with Crippen molar-refractivity contribution in [1.29, 1.82) is 0 Å². The zero-order valence-corrected chi connectivity index (χ0v) is 16.2. The van der Waals surface area contributed by atoms with Crippen LogP contribution < -0.4 is 5.32 Å². The number of amides is 1. The molecule has 0 radical (unpaired) electrons. The molecule has 0 fully saturated rings. The highest BCUT2D eigenvalue weighted by molar-refractivity contribution is 7.90. The Hall–Kier alpha value is -2.64. The molecule has 6 nitrogen and oxygen atoms in total. The first kappa shape index (κ1) is 19.1. The van der Waals surface area contributed by atoms with Crippen LogP contribution in [0.2, 0.25) is 5.02 Å². The first-order valence-corrected chi connectivity index (χ1v) is 10.5. The molecule has 1 amide bonds. The van der Waals surface area contributed by atoms with E-state index < -0.39 is 9.84 Å². The molecule has 1 aromatic heterocycles. The molecule has 27 heavy (non-hydrogen) atoms. The lowest BCUT2D eigenvalue weighted by atomic mass is 10.1. The number of carbonyl (C=O) groups is 1. The number of hydrogen-bond donors (Lipinski definition) is 1. The number of rotatable bonds is 6. The smallest absolute Gasteiger partial charge is 0.251 e. The third-order valence-corrected chi connectivity index (χ3v) is 5.15. The molecule has 0 aliphatic carbocycles. The Morgan fingerprint density at radius 2 is 1.93 bits per heavy atom. The minimum atomic E-state index is -3.48. The second-order valence-electron chi connectivity index (χ2n) is 6.03. The summed E-state index contributed by atoms with van der Waals surface area (Å²) in [5.74, 6) is -0.230. The van der Waals surface area contributed by atoms with Crippen molar-refractivity contribution in [2.75, 3.05) is 12.8 Å². The average Bonchev–Trinajstić information content (AvgIpc) is 3.14. The van der Waals surface area contributed by atoms with Gasteiger partial charge in [-0.05, 0) is 42.3 Å². The number of aromatic nitrogens is 2. The Balaban J connectivity index is 1.71. The van der Waals surface area contributed by atoms with Crippen molar-refractivity contribution in [1.82, 2.24) is 14.9 Å². The second kappa shape index (κ2) is 7.94. The van der Waals surface area contributed by atoms with Crippen LogP contribution in [0.4, 0.5) is 0 Å². The van der Waals surface area contributed by atoms with Crippen LogP contribution >= 0.6 is 11.6 Å². The van der Waals surface area contributed by atoms with Gasteiger partial charge in [-0.2, -0.15) is 0 Å². The molecule has 2 aromatic carbocycles. The molecule has 1 N–H and O–H groups in total. The van der Waals surface area contributed by atoms with Gasteiger partial charge in [0.2, 0.25) is 15.0 Å². The molecule has 8 heteroatoms. The summed E-state index contributed by atoms with van der Waals surface area (Å²) in [5, 5.41) is 3.47. The molecule has 0 spiro atoms. The third kappa shape index (κ3) is 4.75. The van der Waals surface area contributed by atoms with E-state index in [1.54, 1.807) is 30.5 Å². The summed E-state index contributed by atoms with van der Waals surface area (Å²) in [4.78, 5) is 16.3. The highest BCUT2D eigenvalue weighted by Gasteiger charge is 2.16. The Morgan fingerprint density at radius 1 is 1.19 bits per heavy atom. The van der Waals surface area contributed by atoms with E-state index in [-0.39, 0.29) is 11.1 Å². The molecule has 0 unspecified atom stereocenters. The van der Waals surface area contributed by atoms with Crippen LogP contribution in [-0.4, -0.2) is 36.7 Å². The lowest BCUT2D eigenvalue weighted by Gasteiger charge is -2.09. The largest absolute Gasteiger partial charge is 0.352 e. The summed E-state index contributed by atoms with van der Waals surface area (Å²) in [7, 11) is -3.48. The zero-order chi connectivity index (χ0) is 19.4. The Morgan fingerprint density at radius 3 is 2.63 bits per heavy atom. The van der Waals surface area contributed by atoms with Gasteiger partial charge in [0.1, 0.15) is 0 Å². The van der Waals surface area contributed by atoms with Gasteiger partial charge < -0.3 is 5.32 Å². The molecular formula is C19H18ClN3O3S. The van der Waals surface area contributed by atoms with Gasteiger partial charge in [-0.25, -0.2) is 13.4 Å². The number of halogens is 1. The van der Waals surface area contributed by atoms with Crippen LogP contribution in [0.15, 0.2) is 66.1 Å². The second-order valence-corrected chi connectivity index (χ2v) is 8.38. The molecule has 140 valence electrons. The fourth-order valence-corrected chi connectivity index (χ4v) is 3.53. The molecule has 0 aliphatic heterocycles. The number of nitrogens with zero attached hydrogens (tertiary/aromatic N) is 2. The van der Waals surface area contributed by atoms with E-state index in [2.05, 4.69) is 10.3 Å². The zero-order valence-electron chi connectivity index (χ0n) is 14.6. The van der Waals surface area contributed by atoms with Crippen molar-refractivity contribution >= 4 is 27.3 Å². The van der Waals surface area contributed by atoms with E-state index >= 15 is 0 Å².